The lowest BCUT2D eigenvalue weighted by Gasteiger charge is -2.33. The minimum atomic E-state index is 0.0885. The topological polar surface area (TPSA) is 64.3 Å². The number of amides is 1. The number of likely N-dealkylation sites (N-methyl/N-ethyl adjacent to an activating group) is 1. The van der Waals surface area contributed by atoms with Crippen molar-refractivity contribution < 1.29 is 4.79 Å². The highest BCUT2D eigenvalue weighted by molar-refractivity contribution is 6.33. The zero-order valence-corrected chi connectivity index (χ0v) is 18.2. The molecular formula is C23H28ClN5O. The molecule has 30 heavy (non-hydrogen) atoms. The lowest BCUT2D eigenvalue weighted by atomic mass is 9.95. The van der Waals surface area contributed by atoms with Crippen LogP contribution in [0.3, 0.4) is 0 Å². The van der Waals surface area contributed by atoms with Crippen LogP contribution in [-0.2, 0) is 4.79 Å². The molecule has 0 atom stereocenters. The van der Waals surface area contributed by atoms with Gasteiger partial charge in [-0.3, -0.25) is 4.79 Å². The number of aromatic nitrogens is 2. The Morgan fingerprint density at radius 3 is 2.73 bits per heavy atom. The van der Waals surface area contributed by atoms with Gasteiger partial charge in [0.25, 0.3) is 0 Å². The summed E-state index contributed by atoms with van der Waals surface area (Å²) in [7, 11) is 4.02. The molecule has 2 heterocycles. The molecule has 7 heteroatoms. The van der Waals surface area contributed by atoms with Crippen molar-refractivity contribution in [3.63, 3.8) is 0 Å². The van der Waals surface area contributed by atoms with Gasteiger partial charge in [0, 0.05) is 43.3 Å². The second kappa shape index (κ2) is 9.06. The number of carbonyl (C=O) groups excluding carboxylic acids is 1. The maximum absolute atomic E-state index is 12.4. The molecule has 0 spiro atoms. The SMILES string of the molecule is CN(C)CCNC(=O)C1CCN(c2ccc(Cl)c(-c3nc4ccccc4[nH]3)c2)CC1. The third-order valence-corrected chi connectivity index (χ3v) is 6.01. The van der Waals surface area contributed by atoms with Crippen molar-refractivity contribution in [1.29, 1.82) is 0 Å². The van der Waals surface area contributed by atoms with E-state index in [9.17, 15) is 4.79 Å². The predicted octanol–water partition coefficient (Wildman–Crippen LogP) is 3.78. The highest BCUT2D eigenvalue weighted by atomic mass is 35.5. The fourth-order valence-corrected chi connectivity index (χ4v) is 4.13. The fourth-order valence-electron chi connectivity index (χ4n) is 3.92. The van der Waals surface area contributed by atoms with E-state index in [0.29, 0.717) is 11.6 Å². The van der Waals surface area contributed by atoms with E-state index in [4.69, 9.17) is 16.6 Å². The number of hydrogen-bond donors (Lipinski definition) is 2. The highest BCUT2D eigenvalue weighted by Crippen LogP contribution is 2.33. The molecular weight excluding hydrogens is 398 g/mol. The standard InChI is InChI=1S/C23H28ClN5O/c1-28(2)14-11-25-23(30)16-9-12-29(13-10-16)17-7-8-19(24)18(15-17)22-26-20-5-3-4-6-21(20)27-22/h3-8,15-16H,9-14H2,1-2H3,(H,25,30)(H,26,27). The van der Waals surface area contributed by atoms with Crippen molar-refractivity contribution in [1.82, 2.24) is 20.2 Å². The van der Waals surface area contributed by atoms with Crippen LogP contribution in [0.4, 0.5) is 5.69 Å². The summed E-state index contributed by atoms with van der Waals surface area (Å²) >= 11 is 6.50. The Balaban J connectivity index is 1.43. The molecule has 6 nitrogen and oxygen atoms in total. The molecule has 2 N–H and O–H groups in total. The summed E-state index contributed by atoms with van der Waals surface area (Å²) in [5.74, 6) is 1.04. The third kappa shape index (κ3) is 4.60. The lowest BCUT2D eigenvalue weighted by molar-refractivity contribution is -0.125. The second-order valence-electron chi connectivity index (χ2n) is 8.12. The molecule has 0 saturated carbocycles. The minimum absolute atomic E-state index is 0.0885. The molecule has 0 bridgehead atoms. The monoisotopic (exact) mass is 425 g/mol. The molecule has 4 rings (SSSR count). The van der Waals surface area contributed by atoms with E-state index in [1.165, 1.54) is 0 Å². The molecule has 0 aliphatic carbocycles. The molecule has 158 valence electrons. The second-order valence-corrected chi connectivity index (χ2v) is 8.53. The van der Waals surface area contributed by atoms with E-state index in [-0.39, 0.29) is 11.8 Å². The normalized spacial score (nSPS) is 15.1. The van der Waals surface area contributed by atoms with Crippen LogP contribution in [-0.4, -0.2) is 61.0 Å². The van der Waals surface area contributed by atoms with Crippen LogP contribution in [0, 0.1) is 5.92 Å². The van der Waals surface area contributed by atoms with Gasteiger partial charge in [-0.2, -0.15) is 0 Å². The number of halogens is 1. The Bertz CT molecular complexity index is 990. The number of H-pyrrole nitrogens is 1. The molecule has 1 saturated heterocycles. The van der Waals surface area contributed by atoms with E-state index in [0.717, 1.165) is 60.6 Å². The number of rotatable bonds is 6. The molecule has 1 aliphatic heterocycles. The Labute approximate surface area is 182 Å². The van der Waals surface area contributed by atoms with Crippen molar-refractivity contribution >= 4 is 34.2 Å². The average Bonchev–Trinajstić information content (AvgIpc) is 3.18. The van der Waals surface area contributed by atoms with Gasteiger partial charge in [0.1, 0.15) is 5.82 Å². The number of anilines is 1. The lowest BCUT2D eigenvalue weighted by Crippen LogP contribution is -2.42. The number of piperidine rings is 1. The van der Waals surface area contributed by atoms with Gasteiger partial charge in [-0.25, -0.2) is 4.98 Å². The Hall–Kier alpha value is -2.57. The Morgan fingerprint density at radius 2 is 2.00 bits per heavy atom. The fraction of sp³-hybridized carbons (Fsp3) is 0.391. The first-order valence-corrected chi connectivity index (χ1v) is 10.8. The number of para-hydroxylation sites is 2. The summed E-state index contributed by atoms with van der Waals surface area (Å²) in [5, 5.41) is 3.73. The van der Waals surface area contributed by atoms with Gasteiger partial charge >= 0.3 is 0 Å². The van der Waals surface area contributed by atoms with Crippen LogP contribution in [0.25, 0.3) is 22.4 Å². The molecule has 2 aromatic carbocycles. The number of hydrogen-bond acceptors (Lipinski definition) is 4. The van der Waals surface area contributed by atoms with Crippen LogP contribution in [0.15, 0.2) is 42.5 Å². The summed E-state index contributed by atoms with van der Waals surface area (Å²) in [6.07, 6.45) is 1.72. The van der Waals surface area contributed by atoms with Gasteiger partial charge in [-0.1, -0.05) is 23.7 Å². The van der Waals surface area contributed by atoms with Crippen LogP contribution >= 0.6 is 11.6 Å². The van der Waals surface area contributed by atoms with E-state index in [1.807, 2.05) is 50.5 Å². The van der Waals surface area contributed by atoms with Gasteiger partial charge in [0.05, 0.1) is 16.1 Å². The van der Waals surface area contributed by atoms with Gasteiger partial charge in [-0.05, 0) is 57.3 Å². The van der Waals surface area contributed by atoms with E-state index < -0.39 is 0 Å². The number of nitrogens with zero attached hydrogens (tertiary/aromatic N) is 3. The molecule has 1 aliphatic rings. The number of aromatic amines is 1. The highest BCUT2D eigenvalue weighted by Gasteiger charge is 2.25. The summed E-state index contributed by atoms with van der Waals surface area (Å²) in [6.45, 7) is 3.27. The van der Waals surface area contributed by atoms with Crippen molar-refractivity contribution in [3.8, 4) is 11.4 Å². The van der Waals surface area contributed by atoms with Crippen LogP contribution < -0.4 is 10.2 Å². The van der Waals surface area contributed by atoms with Crippen LogP contribution in [0.2, 0.25) is 5.02 Å². The number of benzene rings is 2. The molecule has 3 aromatic rings. The first-order valence-electron chi connectivity index (χ1n) is 10.4. The van der Waals surface area contributed by atoms with E-state index >= 15 is 0 Å². The van der Waals surface area contributed by atoms with Gasteiger partial charge < -0.3 is 20.1 Å². The molecule has 0 unspecified atom stereocenters. The van der Waals surface area contributed by atoms with Crippen molar-refractivity contribution in [2.75, 3.05) is 45.2 Å². The third-order valence-electron chi connectivity index (χ3n) is 5.68. The van der Waals surface area contributed by atoms with Crippen LogP contribution in [0.1, 0.15) is 12.8 Å². The van der Waals surface area contributed by atoms with E-state index in [2.05, 4.69) is 26.2 Å². The summed E-state index contributed by atoms with van der Waals surface area (Å²) in [6, 6.07) is 14.0. The zero-order valence-electron chi connectivity index (χ0n) is 17.5. The zero-order chi connectivity index (χ0) is 21.1. The largest absolute Gasteiger partial charge is 0.371 e. The smallest absolute Gasteiger partial charge is 0.223 e. The first-order chi connectivity index (χ1) is 14.5. The quantitative estimate of drug-likeness (QED) is 0.630. The molecule has 1 fully saturated rings. The molecule has 0 radical (unpaired) electrons. The maximum atomic E-state index is 12.4. The first kappa shape index (κ1) is 20.7. The molecule has 1 amide bonds. The summed E-state index contributed by atoms with van der Waals surface area (Å²) in [5.41, 5.74) is 3.93. The summed E-state index contributed by atoms with van der Waals surface area (Å²) < 4.78 is 0. The van der Waals surface area contributed by atoms with Crippen LogP contribution in [0.5, 0.6) is 0 Å². The van der Waals surface area contributed by atoms with Gasteiger partial charge in [-0.15, -0.1) is 0 Å². The average molecular weight is 426 g/mol. The number of carbonyl (C=O) groups is 1. The molecule has 1 aromatic heterocycles. The minimum Gasteiger partial charge on any atom is -0.371 e. The number of imidazole rings is 1. The summed E-state index contributed by atoms with van der Waals surface area (Å²) in [4.78, 5) is 24.9. The number of nitrogens with one attached hydrogen (secondary N) is 2. The van der Waals surface area contributed by atoms with Crippen molar-refractivity contribution in [2.45, 2.75) is 12.8 Å². The Morgan fingerprint density at radius 1 is 1.23 bits per heavy atom. The maximum Gasteiger partial charge on any atom is 0.223 e. The predicted molar refractivity (Wildman–Crippen MR) is 123 cm³/mol. The number of fused-ring (bicyclic) bond motifs is 1. The van der Waals surface area contributed by atoms with Crippen molar-refractivity contribution in [3.05, 3.63) is 47.5 Å². The van der Waals surface area contributed by atoms with Gasteiger partial charge in [0.2, 0.25) is 5.91 Å². The van der Waals surface area contributed by atoms with E-state index in [1.54, 1.807) is 0 Å². The van der Waals surface area contributed by atoms with Gasteiger partial charge in [0.15, 0.2) is 0 Å². The van der Waals surface area contributed by atoms with Crippen molar-refractivity contribution in [2.24, 2.45) is 5.92 Å². The Kier molecular flexibility index (Phi) is 6.25.